The van der Waals surface area contributed by atoms with Gasteiger partial charge >= 0.3 is 0 Å². The third-order valence-electron chi connectivity index (χ3n) is 3.61. The summed E-state index contributed by atoms with van der Waals surface area (Å²) in [6.07, 6.45) is 0.472. The zero-order valence-corrected chi connectivity index (χ0v) is 13.0. The Balaban J connectivity index is 2.17. The van der Waals surface area contributed by atoms with Crippen molar-refractivity contribution in [1.82, 2.24) is 4.31 Å². The summed E-state index contributed by atoms with van der Waals surface area (Å²) in [6.45, 7) is 0.629. The first-order valence-electron chi connectivity index (χ1n) is 6.72. The van der Waals surface area contributed by atoms with Crippen LogP contribution in [0.25, 0.3) is 0 Å². The van der Waals surface area contributed by atoms with E-state index in [2.05, 4.69) is 0 Å². The highest BCUT2D eigenvalue weighted by atomic mass is 32.2. The monoisotopic (exact) mass is 317 g/mol. The number of methoxy groups -OCH3 is 2. The van der Waals surface area contributed by atoms with E-state index in [-0.39, 0.29) is 17.9 Å². The molecule has 21 heavy (non-hydrogen) atoms. The molecule has 0 N–H and O–H groups in total. The average Bonchev–Trinajstić information content (AvgIpc) is 2.83. The van der Waals surface area contributed by atoms with Crippen molar-refractivity contribution in [3.63, 3.8) is 0 Å². The standard InChI is InChI=1S/C14H20FNO4S/c1-19-9-13-7-14(20-2)8-16(13)21(17,18)10-11-4-3-5-12(15)6-11/h3-6,13-14H,7-10H2,1-2H3/t13-,14+/m0/s1. The molecule has 0 aliphatic carbocycles. The zero-order valence-electron chi connectivity index (χ0n) is 12.2. The van der Waals surface area contributed by atoms with Gasteiger partial charge in [0, 0.05) is 20.8 Å². The molecular weight excluding hydrogens is 297 g/mol. The minimum Gasteiger partial charge on any atom is -0.383 e. The van der Waals surface area contributed by atoms with Crippen molar-refractivity contribution < 1.29 is 22.3 Å². The minimum absolute atomic E-state index is 0.132. The van der Waals surface area contributed by atoms with Crippen LogP contribution in [0.2, 0.25) is 0 Å². The largest absolute Gasteiger partial charge is 0.383 e. The highest BCUT2D eigenvalue weighted by Crippen LogP contribution is 2.25. The first kappa shape index (κ1) is 16.4. The highest BCUT2D eigenvalue weighted by Gasteiger charge is 2.39. The second-order valence-electron chi connectivity index (χ2n) is 5.16. The van der Waals surface area contributed by atoms with Crippen molar-refractivity contribution in [3.8, 4) is 0 Å². The minimum atomic E-state index is -3.54. The van der Waals surface area contributed by atoms with Gasteiger partial charge in [0.05, 0.1) is 24.5 Å². The van der Waals surface area contributed by atoms with Gasteiger partial charge in [-0.15, -0.1) is 0 Å². The van der Waals surface area contributed by atoms with Gasteiger partial charge in [-0.3, -0.25) is 0 Å². The quantitative estimate of drug-likeness (QED) is 0.796. The van der Waals surface area contributed by atoms with E-state index in [4.69, 9.17) is 9.47 Å². The molecule has 5 nitrogen and oxygen atoms in total. The lowest BCUT2D eigenvalue weighted by molar-refractivity contribution is 0.110. The Morgan fingerprint density at radius 2 is 2.14 bits per heavy atom. The Morgan fingerprint density at radius 3 is 2.76 bits per heavy atom. The van der Waals surface area contributed by atoms with Gasteiger partial charge in [0.25, 0.3) is 0 Å². The van der Waals surface area contributed by atoms with Crippen LogP contribution in [0.5, 0.6) is 0 Å². The molecule has 1 heterocycles. The molecule has 0 radical (unpaired) electrons. The van der Waals surface area contributed by atoms with Gasteiger partial charge in [0.15, 0.2) is 0 Å². The third kappa shape index (κ3) is 4.00. The predicted molar refractivity (Wildman–Crippen MR) is 76.8 cm³/mol. The van der Waals surface area contributed by atoms with Crippen LogP contribution in [0.15, 0.2) is 24.3 Å². The van der Waals surface area contributed by atoms with Crippen LogP contribution in [0.1, 0.15) is 12.0 Å². The van der Waals surface area contributed by atoms with Crippen LogP contribution in [-0.2, 0) is 25.2 Å². The van der Waals surface area contributed by atoms with E-state index in [0.29, 0.717) is 25.1 Å². The molecular formula is C14H20FNO4S. The lowest BCUT2D eigenvalue weighted by Gasteiger charge is -2.23. The molecule has 1 aliphatic heterocycles. The number of hydrogen-bond acceptors (Lipinski definition) is 4. The summed E-state index contributed by atoms with van der Waals surface area (Å²) in [7, 11) is -0.432. The van der Waals surface area contributed by atoms with Gasteiger partial charge < -0.3 is 9.47 Å². The predicted octanol–water partition coefficient (Wildman–Crippen LogP) is 1.39. The Hall–Kier alpha value is -1.02. The van der Waals surface area contributed by atoms with Crippen molar-refractivity contribution >= 4 is 10.0 Å². The molecule has 0 saturated carbocycles. The van der Waals surface area contributed by atoms with Crippen LogP contribution in [-0.4, -0.2) is 52.2 Å². The molecule has 7 heteroatoms. The third-order valence-corrected chi connectivity index (χ3v) is 5.47. The zero-order chi connectivity index (χ0) is 15.5. The summed E-state index contributed by atoms with van der Waals surface area (Å²) in [5.74, 6) is -0.658. The molecule has 118 valence electrons. The number of halogens is 1. The second-order valence-corrected chi connectivity index (χ2v) is 7.08. The van der Waals surface area contributed by atoms with E-state index in [0.717, 1.165) is 0 Å². The van der Waals surface area contributed by atoms with Crippen molar-refractivity contribution in [2.75, 3.05) is 27.4 Å². The van der Waals surface area contributed by atoms with Gasteiger partial charge in [-0.25, -0.2) is 12.8 Å². The molecule has 1 fully saturated rings. The average molecular weight is 317 g/mol. The van der Waals surface area contributed by atoms with E-state index in [1.807, 2.05) is 0 Å². The first-order valence-corrected chi connectivity index (χ1v) is 8.33. The number of nitrogens with zero attached hydrogens (tertiary/aromatic N) is 1. The van der Waals surface area contributed by atoms with Crippen LogP contribution < -0.4 is 0 Å². The normalized spacial score (nSPS) is 23.6. The highest BCUT2D eigenvalue weighted by molar-refractivity contribution is 7.88. The maximum Gasteiger partial charge on any atom is 0.218 e. The molecule has 0 spiro atoms. The fourth-order valence-corrected chi connectivity index (χ4v) is 4.38. The summed E-state index contributed by atoms with van der Waals surface area (Å²) >= 11 is 0. The smallest absolute Gasteiger partial charge is 0.218 e. The molecule has 2 rings (SSSR count). The Morgan fingerprint density at radius 1 is 1.38 bits per heavy atom. The number of benzene rings is 1. The molecule has 0 unspecified atom stereocenters. The SMILES string of the molecule is COC[C@@H]1C[C@@H](OC)CN1S(=O)(=O)Cc1cccc(F)c1. The Labute approximate surface area is 124 Å². The molecule has 1 aliphatic rings. The number of hydrogen-bond donors (Lipinski definition) is 0. The second kappa shape index (κ2) is 6.83. The van der Waals surface area contributed by atoms with Crippen LogP contribution in [0, 0.1) is 5.82 Å². The van der Waals surface area contributed by atoms with Crippen molar-refractivity contribution in [1.29, 1.82) is 0 Å². The molecule has 0 bridgehead atoms. The fourth-order valence-electron chi connectivity index (χ4n) is 2.62. The van der Waals surface area contributed by atoms with Gasteiger partial charge in [0.1, 0.15) is 5.82 Å². The van der Waals surface area contributed by atoms with Gasteiger partial charge in [0.2, 0.25) is 10.0 Å². The van der Waals surface area contributed by atoms with Gasteiger partial charge in [-0.05, 0) is 24.1 Å². The van der Waals surface area contributed by atoms with Crippen molar-refractivity contribution in [2.24, 2.45) is 0 Å². The lowest BCUT2D eigenvalue weighted by atomic mass is 10.2. The Kier molecular flexibility index (Phi) is 5.32. The molecule has 1 saturated heterocycles. The maximum absolute atomic E-state index is 13.2. The summed E-state index contributed by atoms with van der Waals surface area (Å²) in [4.78, 5) is 0. The molecule has 2 atom stereocenters. The first-order chi connectivity index (χ1) is 9.96. The van der Waals surface area contributed by atoms with Crippen LogP contribution in [0.3, 0.4) is 0 Å². The van der Waals surface area contributed by atoms with Gasteiger partial charge in [-0.2, -0.15) is 4.31 Å². The molecule has 1 aromatic rings. The number of sulfonamides is 1. The molecule has 0 amide bonds. The summed E-state index contributed by atoms with van der Waals surface area (Å²) < 4.78 is 50.1. The topological polar surface area (TPSA) is 55.8 Å². The van der Waals surface area contributed by atoms with Crippen LogP contribution in [0.4, 0.5) is 4.39 Å². The van der Waals surface area contributed by atoms with Crippen molar-refractivity contribution in [2.45, 2.75) is 24.3 Å². The number of ether oxygens (including phenoxy) is 2. The summed E-state index contributed by atoms with van der Waals surface area (Å²) in [5, 5.41) is 0. The van der Waals surface area contributed by atoms with Crippen LogP contribution >= 0.6 is 0 Å². The van der Waals surface area contributed by atoms with E-state index in [1.54, 1.807) is 13.2 Å². The lowest BCUT2D eigenvalue weighted by Crippen LogP contribution is -2.39. The van der Waals surface area contributed by atoms with Crippen molar-refractivity contribution in [3.05, 3.63) is 35.6 Å². The van der Waals surface area contributed by atoms with E-state index in [1.165, 1.54) is 29.6 Å². The Bertz CT molecular complexity index is 578. The van der Waals surface area contributed by atoms with Gasteiger partial charge in [-0.1, -0.05) is 12.1 Å². The van der Waals surface area contributed by atoms with E-state index in [9.17, 15) is 12.8 Å². The maximum atomic E-state index is 13.2. The summed E-state index contributed by atoms with van der Waals surface area (Å²) in [6, 6.07) is 5.41. The summed E-state index contributed by atoms with van der Waals surface area (Å²) in [5.41, 5.74) is 0.437. The molecule has 0 aromatic heterocycles. The van der Waals surface area contributed by atoms with E-state index < -0.39 is 15.8 Å². The number of rotatable bonds is 6. The fraction of sp³-hybridized carbons (Fsp3) is 0.571. The van der Waals surface area contributed by atoms with E-state index >= 15 is 0 Å². The molecule has 1 aromatic carbocycles.